The zero-order valence-corrected chi connectivity index (χ0v) is 7.95. The Morgan fingerprint density at radius 3 is 2.47 bits per heavy atom. The molecule has 0 amide bonds. The molecule has 0 bridgehead atoms. The molecular formula is C8H5F4NO4. The summed E-state index contributed by atoms with van der Waals surface area (Å²) in [6.07, 6.45) is -4.69. The van der Waals surface area contributed by atoms with Crippen LogP contribution in [0.25, 0.3) is 0 Å². The molecule has 0 spiro atoms. The molecule has 1 heterocycles. The van der Waals surface area contributed by atoms with E-state index < -0.39 is 41.8 Å². The molecule has 0 unspecified atom stereocenters. The lowest BCUT2D eigenvalue weighted by Gasteiger charge is -2.12. The Hall–Kier alpha value is -2.06. The monoisotopic (exact) mass is 255 g/mol. The molecule has 0 aliphatic carbocycles. The summed E-state index contributed by atoms with van der Waals surface area (Å²) in [4.78, 5) is 13.6. The Morgan fingerprint density at radius 1 is 1.47 bits per heavy atom. The number of carboxylic acids is 1. The third kappa shape index (κ3) is 2.95. The van der Waals surface area contributed by atoms with Crippen molar-refractivity contribution >= 4 is 5.97 Å². The van der Waals surface area contributed by atoms with E-state index in [0.717, 1.165) is 0 Å². The second-order valence-corrected chi connectivity index (χ2v) is 2.79. The molecule has 1 rings (SSSR count). The summed E-state index contributed by atoms with van der Waals surface area (Å²) in [5, 5.41) is 17.7. The quantitative estimate of drug-likeness (QED) is 0.806. The Balaban J connectivity index is 3.36. The molecule has 5 nitrogen and oxygen atoms in total. The first-order valence-electron chi connectivity index (χ1n) is 4.02. The first kappa shape index (κ1) is 13.0. The second-order valence-electron chi connectivity index (χ2n) is 2.79. The van der Waals surface area contributed by atoms with Gasteiger partial charge in [-0.15, -0.1) is 13.2 Å². The van der Waals surface area contributed by atoms with Crippen molar-refractivity contribution < 1.29 is 37.3 Å². The number of alkyl halides is 4. The van der Waals surface area contributed by atoms with E-state index in [1.54, 1.807) is 0 Å². The van der Waals surface area contributed by atoms with Crippen molar-refractivity contribution in [3.63, 3.8) is 0 Å². The molecule has 0 saturated carbocycles. The number of hydrogen-bond donors (Lipinski definition) is 2. The number of aromatic nitrogens is 1. The fourth-order valence-corrected chi connectivity index (χ4v) is 1.06. The van der Waals surface area contributed by atoms with Gasteiger partial charge in [0, 0.05) is 5.56 Å². The Morgan fingerprint density at radius 2 is 2.06 bits per heavy atom. The van der Waals surface area contributed by atoms with Gasteiger partial charge in [0.1, 0.15) is 18.0 Å². The van der Waals surface area contributed by atoms with E-state index in [4.69, 9.17) is 10.2 Å². The lowest BCUT2D eigenvalue weighted by atomic mass is 10.1. The van der Waals surface area contributed by atoms with E-state index in [2.05, 4.69) is 9.72 Å². The minimum absolute atomic E-state index is 0.475. The summed E-state index contributed by atoms with van der Waals surface area (Å²) in [7, 11) is 0. The van der Waals surface area contributed by atoms with Gasteiger partial charge in [-0.25, -0.2) is 14.2 Å². The molecule has 17 heavy (non-hydrogen) atoms. The van der Waals surface area contributed by atoms with Crippen molar-refractivity contribution in [2.45, 2.75) is 13.0 Å². The molecule has 0 atom stereocenters. The number of aromatic hydroxyl groups is 1. The average Bonchev–Trinajstić information content (AvgIpc) is 2.17. The summed E-state index contributed by atoms with van der Waals surface area (Å²) >= 11 is 0. The highest BCUT2D eigenvalue weighted by Crippen LogP contribution is 2.31. The largest absolute Gasteiger partial charge is 0.574 e. The summed E-state index contributed by atoms with van der Waals surface area (Å²) < 4.78 is 51.5. The van der Waals surface area contributed by atoms with E-state index >= 15 is 0 Å². The Bertz CT molecular complexity index is 446. The van der Waals surface area contributed by atoms with Crippen LogP contribution in [0.3, 0.4) is 0 Å². The minimum Gasteiger partial charge on any atom is -0.506 e. The molecule has 1 aromatic heterocycles. The molecule has 0 aliphatic rings. The van der Waals surface area contributed by atoms with Crippen molar-refractivity contribution in [1.82, 2.24) is 4.98 Å². The van der Waals surface area contributed by atoms with Crippen LogP contribution >= 0.6 is 0 Å². The van der Waals surface area contributed by atoms with Gasteiger partial charge in [0.05, 0.1) is 6.20 Å². The van der Waals surface area contributed by atoms with Gasteiger partial charge in [-0.3, -0.25) is 0 Å². The van der Waals surface area contributed by atoms with E-state index in [-0.39, 0.29) is 0 Å². The summed E-state index contributed by atoms with van der Waals surface area (Å²) in [5.74, 6) is -4.07. The second kappa shape index (κ2) is 4.44. The Kier molecular flexibility index (Phi) is 3.39. The van der Waals surface area contributed by atoms with Gasteiger partial charge in [0.15, 0.2) is 0 Å². The molecule has 0 aromatic carbocycles. The third-order valence-corrected chi connectivity index (χ3v) is 1.69. The van der Waals surface area contributed by atoms with Crippen molar-refractivity contribution in [2.75, 3.05) is 0 Å². The molecule has 0 fully saturated rings. The van der Waals surface area contributed by atoms with Crippen LogP contribution in [-0.2, 0) is 6.67 Å². The molecule has 9 heteroatoms. The van der Waals surface area contributed by atoms with Crippen LogP contribution in [0.5, 0.6) is 11.6 Å². The molecule has 94 valence electrons. The van der Waals surface area contributed by atoms with Crippen LogP contribution in [0.2, 0.25) is 0 Å². The number of hydrogen-bond acceptors (Lipinski definition) is 4. The van der Waals surface area contributed by atoms with Crippen molar-refractivity contribution in [3.8, 4) is 11.6 Å². The summed E-state index contributed by atoms with van der Waals surface area (Å²) in [5.41, 5.74) is -1.99. The highest BCUT2D eigenvalue weighted by molar-refractivity contribution is 5.92. The standard InChI is InChI=1S/C8H5F4NO4/c9-1-3-4(14)2-13-6(5(3)7(15)16)17-8(10,11)12/h2,14H,1H2,(H,15,16). The smallest absolute Gasteiger partial charge is 0.506 e. The van der Waals surface area contributed by atoms with Gasteiger partial charge < -0.3 is 14.9 Å². The van der Waals surface area contributed by atoms with E-state index in [1.165, 1.54) is 0 Å². The van der Waals surface area contributed by atoms with Crippen LogP contribution in [0, 0.1) is 0 Å². The highest BCUT2D eigenvalue weighted by atomic mass is 19.4. The van der Waals surface area contributed by atoms with Gasteiger partial charge >= 0.3 is 12.3 Å². The lowest BCUT2D eigenvalue weighted by Crippen LogP contribution is -2.20. The van der Waals surface area contributed by atoms with Gasteiger partial charge in [-0.05, 0) is 0 Å². The predicted octanol–water partition coefficient (Wildman–Crippen LogP) is 1.85. The number of aromatic carboxylic acids is 1. The zero-order chi connectivity index (χ0) is 13.2. The predicted molar refractivity (Wildman–Crippen MR) is 44.4 cm³/mol. The van der Waals surface area contributed by atoms with E-state index in [1.807, 2.05) is 0 Å². The van der Waals surface area contributed by atoms with Gasteiger partial charge in [-0.2, -0.15) is 0 Å². The first-order valence-corrected chi connectivity index (χ1v) is 4.02. The molecule has 1 aromatic rings. The number of carboxylic acid groups (broad SMARTS) is 1. The molecule has 0 aliphatic heterocycles. The fraction of sp³-hybridized carbons (Fsp3) is 0.250. The zero-order valence-electron chi connectivity index (χ0n) is 7.95. The van der Waals surface area contributed by atoms with Crippen LogP contribution < -0.4 is 4.74 Å². The van der Waals surface area contributed by atoms with Crippen molar-refractivity contribution in [3.05, 3.63) is 17.3 Å². The van der Waals surface area contributed by atoms with Gasteiger partial charge in [0.2, 0.25) is 5.88 Å². The maximum absolute atomic E-state index is 12.4. The number of carbonyl (C=O) groups is 1. The lowest BCUT2D eigenvalue weighted by molar-refractivity contribution is -0.276. The van der Waals surface area contributed by atoms with Gasteiger partial charge in [0.25, 0.3) is 0 Å². The average molecular weight is 255 g/mol. The van der Waals surface area contributed by atoms with Crippen molar-refractivity contribution in [1.29, 1.82) is 0 Å². The topological polar surface area (TPSA) is 79.7 Å². The highest BCUT2D eigenvalue weighted by Gasteiger charge is 2.35. The fourth-order valence-electron chi connectivity index (χ4n) is 1.06. The maximum Gasteiger partial charge on any atom is 0.574 e. The summed E-state index contributed by atoms with van der Waals surface area (Å²) in [6.45, 7) is -1.47. The van der Waals surface area contributed by atoms with E-state index in [9.17, 15) is 22.4 Å². The number of ether oxygens (including phenoxy) is 1. The van der Waals surface area contributed by atoms with E-state index in [0.29, 0.717) is 6.20 Å². The first-order chi connectivity index (χ1) is 7.76. The number of rotatable bonds is 3. The number of halogens is 4. The van der Waals surface area contributed by atoms with Crippen molar-refractivity contribution in [2.24, 2.45) is 0 Å². The maximum atomic E-state index is 12.4. The molecular weight excluding hydrogens is 250 g/mol. The molecule has 2 N–H and O–H groups in total. The number of pyridine rings is 1. The normalized spacial score (nSPS) is 11.3. The number of nitrogens with zero attached hydrogens (tertiary/aromatic N) is 1. The summed E-state index contributed by atoms with van der Waals surface area (Å²) in [6, 6.07) is 0. The SMILES string of the molecule is O=C(O)c1c(OC(F)(F)F)ncc(O)c1CF. The molecule has 0 saturated heterocycles. The Labute approximate surface area is 91.3 Å². The van der Waals surface area contributed by atoms with Crippen LogP contribution in [0.1, 0.15) is 15.9 Å². The van der Waals surface area contributed by atoms with Crippen LogP contribution in [0.15, 0.2) is 6.20 Å². The van der Waals surface area contributed by atoms with Crippen LogP contribution in [-0.4, -0.2) is 27.5 Å². The minimum atomic E-state index is -5.16. The van der Waals surface area contributed by atoms with Gasteiger partial charge in [-0.1, -0.05) is 0 Å². The van der Waals surface area contributed by atoms with Crippen LogP contribution in [0.4, 0.5) is 17.6 Å². The third-order valence-electron chi connectivity index (χ3n) is 1.69. The molecule has 0 radical (unpaired) electrons.